The first-order valence-corrected chi connectivity index (χ1v) is 7.21. The van der Waals surface area contributed by atoms with Crippen molar-refractivity contribution in [2.75, 3.05) is 0 Å². The van der Waals surface area contributed by atoms with Crippen LogP contribution >= 0.6 is 0 Å². The summed E-state index contributed by atoms with van der Waals surface area (Å²) in [6.45, 7) is 8.70. The Labute approximate surface area is 118 Å². The average molecular weight is 256 g/mol. The van der Waals surface area contributed by atoms with Gasteiger partial charge in [0.25, 0.3) is 0 Å². The number of hydrogen-bond donors (Lipinski definition) is 0. The monoisotopic (exact) mass is 258 g/mol. The molecule has 0 amide bonds. The van der Waals surface area contributed by atoms with Crippen LogP contribution in [-0.4, -0.2) is 92.4 Å². The SMILES string of the molecule is O=C([O][Al]([O]C(=O)B1B=B1)[O]C(=O)B1B=B1)B1B=B1. The summed E-state index contributed by atoms with van der Waals surface area (Å²) in [6, 6.07) is 0. The van der Waals surface area contributed by atoms with E-state index >= 15 is 0 Å². The third kappa shape index (κ3) is 3.99. The minimum absolute atomic E-state index is 0.384. The molecule has 3 aliphatic rings. The molecule has 3 aliphatic heterocycles. The van der Waals surface area contributed by atoms with Crippen LogP contribution in [-0.2, 0) is 11.4 Å². The molecule has 19 heavy (non-hydrogen) atoms. The third-order valence-electron chi connectivity index (χ3n) is 2.61. The van der Waals surface area contributed by atoms with E-state index in [9.17, 15) is 14.4 Å². The Morgan fingerprint density at radius 1 is 0.632 bits per heavy atom. The van der Waals surface area contributed by atoms with Gasteiger partial charge >= 0.3 is 118 Å². The Morgan fingerprint density at radius 3 is 1.11 bits per heavy atom. The molecule has 3 rings (SSSR count). The van der Waals surface area contributed by atoms with Gasteiger partial charge in [-0.05, 0) is 0 Å². The molecule has 16 heteroatoms. The van der Waals surface area contributed by atoms with Crippen LogP contribution in [0.2, 0.25) is 0 Å². The van der Waals surface area contributed by atoms with Crippen LogP contribution in [0.15, 0.2) is 0 Å². The maximum absolute atomic E-state index is 11.5. The Kier molecular flexibility index (Phi) is 3.90. The van der Waals surface area contributed by atoms with Gasteiger partial charge in [0, 0.05) is 0 Å². The van der Waals surface area contributed by atoms with E-state index in [1.54, 1.807) is 40.2 Å². The summed E-state index contributed by atoms with van der Waals surface area (Å²) >= 11 is -3.12. The van der Waals surface area contributed by atoms with Crippen LogP contribution in [0.1, 0.15) is 0 Å². The Bertz CT molecular complexity index is 450. The van der Waals surface area contributed by atoms with Crippen LogP contribution < -0.4 is 0 Å². The van der Waals surface area contributed by atoms with Gasteiger partial charge in [0.2, 0.25) is 0 Å². The summed E-state index contributed by atoms with van der Waals surface area (Å²) in [7, 11) is 0. The first-order chi connectivity index (χ1) is 9.13. The standard InChI is InChI=1S/3CHB3O2.Al/c3*5-1(6)4-2-3-4;/h3*(H,5,6);/q;;;+3/p-3. The second-order valence-corrected chi connectivity index (χ2v) is 5.62. The van der Waals surface area contributed by atoms with Crippen molar-refractivity contribution in [2.45, 2.75) is 0 Å². The first-order valence-electron chi connectivity index (χ1n) is 5.80. The van der Waals surface area contributed by atoms with E-state index < -0.39 is 32.8 Å². The van der Waals surface area contributed by atoms with Crippen molar-refractivity contribution in [3.8, 4) is 0 Å². The van der Waals surface area contributed by atoms with Crippen molar-refractivity contribution in [3.05, 3.63) is 0 Å². The molecule has 78 valence electrons. The molecule has 0 atom stereocenters. The van der Waals surface area contributed by atoms with Gasteiger partial charge in [0.05, 0.1) is 0 Å². The van der Waals surface area contributed by atoms with Crippen LogP contribution in [0, 0.1) is 0 Å². The van der Waals surface area contributed by atoms with Crippen molar-refractivity contribution in [2.24, 2.45) is 0 Å². The summed E-state index contributed by atoms with van der Waals surface area (Å²) in [6.07, 6.45) is 0. The third-order valence-corrected chi connectivity index (χ3v) is 3.88. The molecule has 0 bridgehead atoms. The average Bonchev–Trinajstić information content (AvgIpc) is 3.27. The molecule has 0 aromatic rings. The van der Waals surface area contributed by atoms with Gasteiger partial charge in [-0.3, -0.25) is 0 Å². The van der Waals surface area contributed by atoms with E-state index in [0.717, 1.165) is 0 Å². The fourth-order valence-electron chi connectivity index (χ4n) is 1.23. The van der Waals surface area contributed by atoms with Crippen molar-refractivity contribution in [3.63, 3.8) is 0 Å². The Morgan fingerprint density at radius 2 is 0.895 bits per heavy atom. The zero-order valence-electron chi connectivity index (χ0n) is 9.72. The second-order valence-electron chi connectivity index (χ2n) is 4.33. The molecule has 0 fully saturated rings. The van der Waals surface area contributed by atoms with E-state index in [1.807, 2.05) is 0 Å². The molecule has 0 unspecified atom stereocenters. The minimum atomic E-state index is -3.12. The zero-order valence-corrected chi connectivity index (χ0v) is 10.9. The van der Waals surface area contributed by atoms with Gasteiger partial charge in [0.15, 0.2) is 0 Å². The number of hydrogen-bond acceptors (Lipinski definition) is 6. The van der Waals surface area contributed by atoms with Crippen molar-refractivity contribution in [1.82, 2.24) is 0 Å². The van der Waals surface area contributed by atoms with E-state index in [4.69, 9.17) is 11.4 Å². The molecule has 0 N–H and O–H groups in total. The van der Waals surface area contributed by atoms with Crippen molar-refractivity contribution >= 4 is 92.4 Å². The van der Waals surface area contributed by atoms with Gasteiger partial charge < -0.3 is 0 Å². The fraction of sp³-hybridized carbons (Fsp3) is 0. The summed E-state index contributed by atoms with van der Waals surface area (Å²) in [5, 5.41) is 0. The number of carbonyl (C=O) groups excluding carboxylic acids is 3. The van der Waals surface area contributed by atoms with E-state index in [2.05, 4.69) is 0 Å². The van der Waals surface area contributed by atoms with Crippen LogP contribution in [0.5, 0.6) is 0 Å². The molecule has 0 aromatic carbocycles. The summed E-state index contributed by atoms with van der Waals surface area (Å²) in [5.41, 5.74) is 0. The molecular formula is C3AlB9O6. The zero-order chi connectivity index (χ0) is 13.4. The van der Waals surface area contributed by atoms with Crippen LogP contribution in [0.3, 0.4) is 0 Å². The molecule has 3 heterocycles. The number of rotatable bonds is 6. The van der Waals surface area contributed by atoms with E-state index in [-0.39, 0.29) is 19.5 Å². The maximum atomic E-state index is 11.5. The van der Waals surface area contributed by atoms with Gasteiger partial charge in [-0.25, -0.2) is 0 Å². The second kappa shape index (κ2) is 5.49. The quantitative estimate of drug-likeness (QED) is 0.461. The summed E-state index contributed by atoms with van der Waals surface area (Å²) in [5.74, 6) is -1.65. The van der Waals surface area contributed by atoms with Gasteiger partial charge in [-0.2, -0.15) is 0 Å². The van der Waals surface area contributed by atoms with Crippen molar-refractivity contribution < 1.29 is 25.7 Å². The molecule has 0 saturated heterocycles. The van der Waals surface area contributed by atoms with E-state index in [0.29, 0.717) is 0 Å². The van der Waals surface area contributed by atoms with Gasteiger partial charge in [-0.1, -0.05) is 0 Å². The molecule has 0 radical (unpaired) electrons. The molecule has 0 spiro atoms. The Balaban J connectivity index is 1.54. The molecule has 0 saturated carbocycles. The molecular weight excluding hydrogens is 256 g/mol. The predicted molar refractivity (Wildman–Crippen MR) is 77.0 cm³/mol. The van der Waals surface area contributed by atoms with Gasteiger partial charge in [-0.15, -0.1) is 0 Å². The molecule has 0 aliphatic carbocycles. The fourth-order valence-corrected chi connectivity index (χ4v) is 2.42. The topological polar surface area (TPSA) is 78.9 Å². The summed E-state index contributed by atoms with van der Waals surface area (Å²) < 4.78 is 14.9. The summed E-state index contributed by atoms with van der Waals surface area (Å²) in [4.78, 5) is 34.5. The number of carbonyl (C=O) groups is 3. The van der Waals surface area contributed by atoms with Crippen LogP contribution in [0.4, 0.5) is 14.4 Å². The first kappa shape index (κ1) is 13.5. The van der Waals surface area contributed by atoms with Crippen molar-refractivity contribution in [1.29, 1.82) is 0 Å². The normalized spacial score (nSPS) is 13.6. The molecule has 0 aromatic heterocycles. The van der Waals surface area contributed by atoms with Crippen LogP contribution in [0.25, 0.3) is 0 Å². The van der Waals surface area contributed by atoms with E-state index in [1.165, 1.54) is 0 Å². The predicted octanol–water partition coefficient (Wildman–Crippen LogP) is -3.40. The van der Waals surface area contributed by atoms with Gasteiger partial charge in [0.1, 0.15) is 0 Å². The molecule has 6 nitrogen and oxygen atoms in total. The Hall–Kier alpha value is -0.473.